The van der Waals surface area contributed by atoms with E-state index < -0.39 is 11.7 Å². The maximum atomic E-state index is 13.8. The average molecular weight is 426 g/mol. The Morgan fingerprint density at radius 3 is 2.33 bits per heavy atom. The number of rotatable bonds is 7. The van der Waals surface area contributed by atoms with Crippen LogP contribution in [0.4, 0.5) is 20.2 Å². The zero-order chi connectivity index (χ0) is 21.5. The van der Waals surface area contributed by atoms with Gasteiger partial charge in [-0.05, 0) is 61.0 Å². The van der Waals surface area contributed by atoms with Crippen LogP contribution in [0, 0.1) is 11.6 Å². The van der Waals surface area contributed by atoms with Gasteiger partial charge in [0.15, 0.2) is 0 Å². The summed E-state index contributed by atoms with van der Waals surface area (Å²) in [5, 5.41) is 5.07. The number of thioether (sulfide) groups is 1. The molecule has 3 rings (SSSR count). The van der Waals surface area contributed by atoms with Gasteiger partial charge in [-0.1, -0.05) is 25.1 Å². The molecule has 0 bridgehead atoms. The normalized spacial score (nSPS) is 11.6. The predicted octanol–water partition coefficient (Wildman–Crippen LogP) is 5.73. The van der Waals surface area contributed by atoms with Crippen LogP contribution in [0.25, 0.3) is 0 Å². The van der Waals surface area contributed by atoms with Crippen molar-refractivity contribution in [3.8, 4) is 0 Å². The van der Waals surface area contributed by atoms with E-state index in [4.69, 9.17) is 0 Å². The van der Waals surface area contributed by atoms with Crippen molar-refractivity contribution in [3.63, 3.8) is 0 Å². The molecule has 4 nitrogen and oxygen atoms in total. The highest BCUT2D eigenvalue weighted by molar-refractivity contribution is 8.00. The molecule has 1 unspecified atom stereocenters. The van der Waals surface area contributed by atoms with Gasteiger partial charge in [-0.25, -0.2) is 8.78 Å². The number of nitrogens with one attached hydrogen (secondary N) is 2. The smallest absolute Gasteiger partial charge is 0.258 e. The summed E-state index contributed by atoms with van der Waals surface area (Å²) in [5.41, 5.74) is 0.981. The monoisotopic (exact) mass is 426 g/mol. The highest BCUT2D eigenvalue weighted by Gasteiger charge is 2.19. The summed E-state index contributed by atoms with van der Waals surface area (Å²) < 4.78 is 26.8. The van der Waals surface area contributed by atoms with E-state index >= 15 is 0 Å². The molecule has 0 heterocycles. The molecule has 0 spiro atoms. The highest BCUT2D eigenvalue weighted by Crippen LogP contribution is 2.29. The summed E-state index contributed by atoms with van der Waals surface area (Å²) in [4.78, 5) is 25.7. The molecule has 0 fully saturated rings. The van der Waals surface area contributed by atoms with Crippen LogP contribution in [0.3, 0.4) is 0 Å². The van der Waals surface area contributed by atoms with Gasteiger partial charge in [-0.3, -0.25) is 9.59 Å². The van der Waals surface area contributed by atoms with Crippen LogP contribution in [0.1, 0.15) is 23.7 Å². The molecule has 0 aliphatic heterocycles. The number of hydrogen-bond acceptors (Lipinski definition) is 3. The minimum absolute atomic E-state index is 0.0410. The molecule has 2 amide bonds. The van der Waals surface area contributed by atoms with E-state index in [0.29, 0.717) is 17.8 Å². The predicted molar refractivity (Wildman–Crippen MR) is 116 cm³/mol. The first-order chi connectivity index (χ1) is 14.5. The topological polar surface area (TPSA) is 58.2 Å². The van der Waals surface area contributed by atoms with Crippen LogP contribution in [0.5, 0.6) is 0 Å². The molecule has 3 aromatic carbocycles. The van der Waals surface area contributed by atoms with Gasteiger partial charge in [0.05, 0.1) is 10.8 Å². The van der Waals surface area contributed by atoms with Gasteiger partial charge in [0.25, 0.3) is 5.91 Å². The van der Waals surface area contributed by atoms with Crippen LogP contribution in [-0.4, -0.2) is 17.1 Å². The van der Waals surface area contributed by atoms with E-state index in [-0.39, 0.29) is 22.5 Å². The maximum absolute atomic E-state index is 13.8. The van der Waals surface area contributed by atoms with E-state index in [9.17, 15) is 18.4 Å². The van der Waals surface area contributed by atoms with Crippen molar-refractivity contribution in [2.45, 2.75) is 23.5 Å². The molecule has 0 aliphatic rings. The van der Waals surface area contributed by atoms with Crippen LogP contribution >= 0.6 is 11.8 Å². The lowest BCUT2D eigenvalue weighted by Gasteiger charge is -2.15. The molecule has 2 N–H and O–H groups in total. The minimum atomic E-state index is -0.593. The van der Waals surface area contributed by atoms with Crippen LogP contribution in [-0.2, 0) is 4.79 Å². The Kier molecular flexibility index (Phi) is 7.19. The molecule has 0 aliphatic carbocycles. The molecule has 0 saturated carbocycles. The van der Waals surface area contributed by atoms with E-state index in [0.717, 1.165) is 4.90 Å². The van der Waals surface area contributed by atoms with E-state index in [1.54, 1.807) is 24.3 Å². The van der Waals surface area contributed by atoms with Crippen molar-refractivity contribution in [2.24, 2.45) is 0 Å². The second-order valence-electron chi connectivity index (χ2n) is 6.47. The standard InChI is InChI=1S/C23H20F2N2O2S/c1-2-21(23(29)26-16-12-10-15(24)11-13-16)30-18-7-5-6-17(14-18)27-22(28)19-8-3-4-9-20(19)25/h3-14,21H,2H2,1H3,(H,26,29)(H,27,28). The lowest BCUT2D eigenvalue weighted by atomic mass is 10.2. The molecule has 3 aromatic rings. The lowest BCUT2D eigenvalue weighted by Crippen LogP contribution is -2.24. The summed E-state index contributed by atoms with van der Waals surface area (Å²) in [6, 6.07) is 18.3. The molecule has 0 aromatic heterocycles. The first-order valence-electron chi connectivity index (χ1n) is 9.35. The second-order valence-corrected chi connectivity index (χ2v) is 7.75. The number of anilines is 2. The number of carbonyl (C=O) groups is 2. The summed E-state index contributed by atoms with van der Waals surface area (Å²) in [6.45, 7) is 1.89. The number of carbonyl (C=O) groups excluding carboxylic acids is 2. The molecular formula is C23H20F2N2O2S. The second kappa shape index (κ2) is 10.0. The Labute approximate surface area is 177 Å². The molecule has 0 radical (unpaired) electrons. The van der Waals surface area contributed by atoms with Crippen LogP contribution in [0.2, 0.25) is 0 Å². The number of halogens is 2. The van der Waals surface area contributed by atoms with E-state index in [1.807, 2.05) is 13.0 Å². The summed E-state index contributed by atoms with van der Waals surface area (Å²) in [5.74, 6) is -1.71. The summed E-state index contributed by atoms with van der Waals surface area (Å²) in [7, 11) is 0. The van der Waals surface area contributed by atoms with Crippen LogP contribution in [0.15, 0.2) is 77.7 Å². The third kappa shape index (κ3) is 5.67. The van der Waals surface area contributed by atoms with E-state index in [2.05, 4.69) is 10.6 Å². The maximum Gasteiger partial charge on any atom is 0.258 e. The molecular weight excluding hydrogens is 406 g/mol. The van der Waals surface area contributed by atoms with Crippen molar-refractivity contribution < 1.29 is 18.4 Å². The van der Waals surface area contributed by atoms with Crippen molar-refractivity contribution in [2.75, 3.05) is 10.6 Å². The summed E-state index contributed by atoms with van der Waals surface area (Å²) >= 11 is 1.35. The van der Waals surface area contributed by atoms with Crippen molar-refractivity contribution in [3.05, 3.63) is 90.0 Å². The van der Waals surface area contributed by atoms with E-state index in [1.165, 1.54) is 54.2 Å². The number of hydrogen-bond donors (Lipinski definition) is 2. The first-order valence-corrected chi connectivity index (χ1v) is 10.2. The fraction of sp³-hybridized carbons (Fsp3) is 0.130. The Morgan fingerprint density at radius 2 is 1.63 bits per heavy atom. The van der Waals surface area contributed by atoms with Gasteiger partial charge in [-0.15, -0.1) is 11.8 Å². The molecule has 154 valence electrons. The number of benzene rings is 3. The lowest BCUT2D eigenvalue weighted by molar-refractivity contribution is -0.115. The fourth-order valence-corrected chi connectivity index (χ4v) is 3.75. The third-order valence-electron chi connectivity index (χ3n) is 4.26. The highest BCUT2D eigenvalue weighted by atomic mass is 32.2. The number of amides is 2. The SMILES string of the molecule is CCC(Sc1cccc(NC(=O)c2ccccc2F)c1)C(=O)Nc1ccc(F)cc1. The molecule has 30 heavy (non-hydrogen) atoms. The quantitative estimate of drug-likeness (QED) is 0.475. The average Bonchev–Trinajstić information content (AvgIpc) is 2.74. The Balaban J connectivity index is 1.67. The minimum Gasteiger partial charge on any atom is -0.325 e. The Bertz CT molecular complexity index is 1040. The molecule has 7 heteroatoms. The van der Waals surface area contributed by atoms with Gasteiger partial charge in [0, 0.05) is 16.3 Å². The molecule has 0 saturated heterocycles. The van der Waals surface area contributed by atoms with Gasteiger partial charge >= 0.3 is 0 Å². The Morgan fingerprint density at radius 1 is 0.900 bits per heavy atom. The van der Waals surface area contributed by atoms with Gasteiger partial charge in [0.2, 0.25) is 5.91 Å². The van der Waals surface area contributed by atoms with Crippen molar-refractivity contribution in [1.82, 2.24) is 0 Å². The fourth-order valence-electron chi connectivity index (χ4n) is 2.73. The van der Waals surface area contributed by atoms with Gasteiger partial charge < -0.3 is 10.6 Å². The van der Waals surface area contributed by atoms with Gasteiger partial charge in [-0.2, -0.15) is 0 Å². The zero-order valence-electron chi connectivity index (χ0n) is 16.2. The molecule has 1 atom stereocenters. The first kappa shape index (κ1) is 21.5. The Hall–Kier alpha value is -3.19. The largest absolute Gasteiger partial charge is 0.325 e. The van der Waals surface area contributed by atoms with Crippen molar-refractivity contribution >= 4 is 35.0 Å². The van der Waals surface area contributed by atoms with Gasteiger partial charge in [0.1, 0.15) is 11.6 Å². The van der Waals surface area contributed by atoms with Crippen LogP contribution < -0.4 is 10.6 Å². The third-order valence-corrected chi connectivity index (χ3v) is 5.62. The zero-order valence-corrected chi connectivity index (χ0v) is 17.0. The van der Waals surface area contributed by atoms with Crippen molar-refractivity contribution in [1.29, 1.82) is 0 Å². The summed E-state index contributed by atoms with van der Waals surface area (Å²) in [6.07, 6.45) is 0.573.